The van der Waals surface area contributed by atoms with Crippen LogP contribution in [0.2, 0.25) is 0 Å². The number of carbonyl (C=O) groups is 2. The molecular weight excluding hydrogens is 330 g/mol. The van der Waals surface area contributed by atoms with Crippen LogP contribution in [0.1, 0.15) is 64.9 Å². The largest absolute Gasteiger partial charge is 0.461 e. The first kappa shape index (κ1) is 20.3. The van der Waals surface area contributed by atoms with E-state index in [-0.39, 0.29) is 18.0 Å². The summed E-state index contributed by atoms with van der Waals surface area (Å²) in [6.45, 7) is 6.25. The molecule has 144 valence electrons. The smallest absolute Gasteiger partial charge is 0.407 e. The molecule has 0 heterocycles. The van der Waals surface area contributed by atoms with E-state index >= 15 is 0 Å². The SMILES string of the molecule is CC(C)(C)OC(=O)NCC1(CC(=O)OCc2ccccc2)CCCCC1. The van der Waals surface area contributed by atoms with Crippen molar-refractivity contribution in [3.8, 4) is 0 Å². The van der Waals surface area contributed by atoms with Gasteiger partial charge in [-0.1, -0.05) is 49.6 Å². The van der Waals surface area contributed by atoms with E-state index in [0.717, 1.165) is 31.2 Å². The number of hydrogen-bond acceptors (Lipinski definition) is 4. The highest BCUT2D eigenvalue weighted by molar-refractivity contribution is 5.71. The molecule has 1 N–H and O–H groups in total. The molecule has 1 aliphatic rings. The Morgan fingerprint density at radius 1 is 1.08 bits per heavy atom. The monoisotopic (exact) mass is 361 g/mol. The summed E-state index contributed by atoms with van der Waals surface area (Å²) in [6.07, 6.45) is 5.05. The molecule has 0 bridgehead atoms. The Morgan fingerprint density at radius 2 is 1.73 bits per heavy atom. The van der Waals surface area contributed by atoms with Crippen LogP contribution in [-0.4, -0.2) is 24.2 Å². The third-order valence-corrected chi connectivity index (χ3v) is 4.68. The number of amides is 1. The molecule has 5 nitrogen and oxygen atoms in total. The van der Waals surface area contributed by atoms with Gasteiger partial charge in [-0.15, -0.1) is 0 Å². The molecule has 0 unspecified atom stereocenters. The molecule has 1 aromatic rings. The zero-order valence-corrected chi connectivity index (χ0v) is 16.2. The van der Waals surface area contributed by atoms with Crippen molar-refractivity contribution in [1.82, 2.24) is 5.32 Å². The highest BCUT2D eigenvalue weighted by Gasteiger charge is 2.35. The Balaban J connectivity index is 1.88. The average molecular weight is 361 g/mol. The molecule has 0 spiro atoms. The number of alkyl carbamates (subject to hydrolysis) is 1. The maximum atomic E-state index is 12.4. The Labute approximate surface area is 156 Å². The normalized spacial score (nSPS) is 16.6. The summed E-state index contributed by atoms with van der Waals surface area (Å²) in [5, 5.41) is 2.86. The highest BCUT2D eigenvalue weighted by atomic mass is 16.6. The zero-order valence-electron chi connectivity index (χ0n) is 16.2. The molecule has 0 radical (unpaired) electrons. The third kappa shape index (κ3) is 7.06. The Hall–Kier alpha value is -2.04. The van der Waals surface area contributed by atoms with E-state index in [0.29, 0.717) is 13.0 Å². The first-order valence-corrected chi connectivity index (χ1v) is 9.44. The van der Waals surface area contributed by atoms with Gasteiger partial charge in [0.25, 0.3) is 0 Å². The molecule has 0 aliphatic heterocycles. The minimum absolute atomic E-state index is 0.207. The van der Waals surface area contributed by atoms with Gasteiger partial charge in [-0.05, 0) is 44.6 Å². The molecular formula is C21H31NO4. The van der Waals surface area contributed by atoms with Crippen LogP contribution in [-0.2, 0) is 20.9 Å². The third-order valence-electron chi connectivity index (χ3n) is 4.68. The van der Waals surface area contributed by atoms with E-state index in [4.69, 9.17) is 9.47 Å². The van der Waals surface area contributed by atoms with Crippen molar-refractivity contribution in [2.45, 2.75) is 71.5 Å². The maximum absolute atomic E-state index is 12.4. The number of ether oxygens (including phenoxy) is 2. The minimum Gasteiger partial charge on any atom is -0.461 e. The second kappa shape index (κ2) is 9.06. The molecule has 2 rings (SSSR count). The topological polar surface area (TPSA) is 64.6 Å². The second-order valence-electron chi connectivity index (χ2n) is 8.24. The van der Waals surface area contributed by atoms with Crippen LogP contribution in [0, 0.1) is 5.41 Å². The van der Waals surface area contributed by atoms with Gasteiger partial charge < -0.3 is 14.8 Å². The number of esters is 1. The van der Waals surface area contributed by atoms with Gasteiger partial charge in [0.2, 0.25) is 0 Å². The van der Waals surface area contributed by atoms with Gasteiger partial charge in [-0.25, -0.2) is 4.79 Å². The van der Waals surface area contributed by atoms with Crippen molar-refractivity contribution in [2.24, 2.45) is 5.41 Å². The second-order valence-corrected chi connectivity index (χ2v) is 8.24. The van der Waals surface area contributed by atoms with Gasteiger partial charge in [0.1, 0.15) is 12.2 Å². The predicted molar refractivity (Wildman–Crippen MR) is 101 cm³/mol. The number of hydrogen-bond donors (Lipinski definition) is 1. The first-order valence-electron chi connectivity index (χ1n) is 9.44. The lowest BCUT2D eigenvalue weighted by molar-refractivity contribution is -0.148. The van der Waals surface area contributed by atoms with Crippen LogP contribution in [0.3, 0.4) is 0 Å². The summed E-state index contributed by atoms with van der Waals surface area (Å²) in [4.78, 5) is 24.4. The molecule has 0 atom stereocenters. The van der Waals surface area contributed by atoms with E-state index in [2.05, 4.69) is 5.32 Å². The molecule has 26 heavy (non-hydrogen) atoms. The number of carbonyl (C=O) groups excluding carboxylic acids is 2. The van der Waals surface area contributed by atoms with Gasteiger partial charge in [0.15, 0.2) is 0 Å². The van der Waals surface area contributed by atoms with Gasteiger partial charge in [-0.2, -0.15) is 0 Å². The fourth-order valence-electron chi connectivity index (χ4n) is 3.39. The van der Waals surface area contributed by atoms with Crippen LogP contribution in [0.5, 0.6) is 0 Å². The molecule has 1 aromatic carbocycles. The molecule has 5 heteroatoms. The summed E-state index contributed by atoms with van der Waals surface area (Å²) in [7, 11) is 0. The molecule has 1 saturated carbocycles. The predicted octanol–water partition coefficient (Wildman–Crippen LogP) is 4.60. The van der Waals surface area contributed by atoms with Crippen LogP contribution in [0.25, 0.3) is 0 Å². The Bertz CT molecular complexity index is 586. The van der Waals surface area contributed by atoms with Crippen LogP contribution < -0.4 is 5.32 Å². The standard InChI is InChI=1S/C21H31NO4/c1-20(2,3)26-19(24)22-16-21(12-8-5-9-13-21)14-18(23)25-15-17-10-6-4-7-11-17/h4,6-7,10-11H,5,8-9,12-16H2,1-3H3,(H,22,24). The number of benzene rings is 1. The van der Waals surface area contributed by atoms with Crippen molar-refractivity contribution in [2.75, 3.05) is 6.54 Å². The Kier molecular flexibility index (Phi) is 7.06. The summed E-state index contributed by atoms with van der Waals surface area (Å²) >= 11 is 0. The van der Waals surface area contributed by atoms with E-state index < -0.39 is 11.7 Å². The summed E-state index contributed by atoms with van der Waals surface area (Å²) < 4.78 is 10.8. The maximum Gasteiger partial charge on any atom is 0.407 e. The van der Waals surface area contributed by atoms with Crippen molar-refractivity contribution >= 4 is 12.1 Å². The van der Waals surface area contributed by atoms with Crippen LogP contribution in [0.4, 0.5) is 4.79 Å². The van der Waals surface area contributed by atoms with Gasteiger partial charge in [0, 0.05) is 6.54 Å². The zero-order chi connectivity index (χ0) is 19.0. The first-order chi connectivity index (χ1) is 12.3. The van der Waals surface area contributed by atoms with Crippen LogP contribution in [0.15, 0.2) is 30.3 Å². The molecule has 0 aromatic heterocycles. The summed E-state index contributed by atoms with van der Waals surface area (Å²) in [5.41, 5.74) is 0.215. The van der Waals surface area contributed by atoms with Crippen molar-refractivity contribution in [3.63, 3.8) is 0 Å². The van der Waals surface area contributed by atoms with Crippen molar-refractivity contribution in [3.05, 3.63) is 35.9 Å². The minimum atomic E-state index is -0.529. The van der Waals surface area contributed by atoms with E-state index in [1.807, 2.05) is 51.1 Å². The number of rotatable bonds is 6. The quantitative estimate of drug-likeness (QED) is 0.752. The molecule has 1 aliphatic carbocycles. The lowest BCUT2D eigenvalue weighted by Gasteiger charge is -2.36. The molecule has 1 amide bonds. The average Bonchev–Trinajstić information content (AvgIpc) is 2.59. The van der Waals surface area contributed by atoms with Crippen molar-refractivity contribution < 1.29 is 19.1 Å². The van der Waals surface area contributed by atoms with E-state index in [1.165, 1.54) is 6.42 Å². The fourth-order valence-corrected chi connectivity index (χ4v) is 3.39. The van der Waals surface area contributed by atoms with E-state index in [1.54, 1.807) is 0 Å². The van der Waals surface area contributed by atoms with Gasteiger partial charge in [0.05, 0.1) is 6.42 Å². The molecule has 1 fully saturated rings. The number of nitrogens with one attached hydrogen (secondary N) is 1. The van der Waals surface area contributed by atoms with Crippen LogP contribution >= 0.6 is 0 Å². The lowest BCUT2D eigenvalue weighted by atomic mass is 9.71. The van der Waals surface area contributed by atoms with Crippen molar-refractivity contribution in [1.29, 1.82) is 0 Å². The molecule has 0 saturated heterocycles. The summed E-state index contributed by atoms with van der Waals surface area (Å²) in [6, 6.07) is 9.67. The summed E-state index contributed by atoms with van der Waals surface area (Å²) in [5.74, 6) is -0.207. The fraction of sp³-hybridized carbons (Fsp3) is 0.619. The van der Waals surface area contributed by atoms with Gasteiger partial charge in [-0.3, -0.25) is 4.79 Å². The Morgan fingerprint density at radius 3 is 2.35 bits per heavy atom. The van der Waals surface area contributed by atoms with E-state index in [9.17, 15) is 9.59 Å². The lowest BCUT2D eigenvalue weighted by Crippen LogP contribution is -2.42. The highest BCUT2D eigenvalue weighted by Crippen LogP contribution is 2.39. The van der Waals surface area contributed by atoms with Gasteiger partial charge >= 0.3 is 12.1 Å².